The van der Waals surface area contributed by atoms with Crippen molar-refractivity contribution in [2.45, 2.75) is 33.1 Å². The summed E-state index contributed by atoms with van der Waals surface area (Å²) in [5, 5.41) is 2.62. The molecule has 0 aliphatic heterocycles. The first-order valence-electron chi connectivity index (χ1n) is 5.06. The lowest BCUT2D eigenvalue weighted by Gasteiger charge is -2.04. The van der Waals surface area contributed by atoms with Crippen LogP contribution in [0, 0.1) is 0 Å². The molecule has 1 N–H and O–H groups in total. The number of nitrogens with one attached hydrogen (secondary N) is 1. The summed E-state index contributed by atoms with van der Waals surface area (Å²) < 4.78 is 5.03. The van der Waals surface area contributed by atoms with Crippen LogP contribution in [-0.2, 0) is 14.3 Å². The van der Waals surface area contributed by atoms with E-state index >= 15 is 0 Å². The molecule has 0 atom stereocenters. The Balaban J connectivity index is 3.31. The number of hydrogen-bond acceptors (Lipinski definition) is 3. The first kappa shape index (κ1) is 13.1. The molecular weight excluding hydrogens is 182 g/mol. The lowest BCUT2D eigenvalue weighted by atomic mass is 10.2. The fourth-order valence-electron chi connectivity index (χ4n) is 0.878. The quantitative estimate of drug-likeness (QED) is 0.593. The Hall–Kier alpha value is -0.900. The van der Waals surface area contributed by atoms with Crippen LogP contribution in [0.4, 0.5) is 0 Å². The van der Waals surface area contributed by atoms with E-state index < -0.39 is 0 Å². The van der Waals surface area contributed by atoms with Crippen molar-refractivity contribution in [2.75, 3.05) is 19.8 Å². The van der Waals surface area contributed by atoms with Gasteiger partial charge in [-0.3, -0.25) is 9.59 Å². The molecule has 0 aliphatic rings. The second kappa shape index (κ2) is 8.69. The van der Waals surface area contributed by atoms with Gasteiger partial charge in [-0.1, -0.05) is 13.8 Å². The Morgan fingerprint density at radius 3 is 2.57 bits per heavy atom. The van der Waals surface area contributed by atoms with E-state index in [0.717, 1.165) is 6.42 Å². The molecular formula is C10H19NO3. The topological polar surface area (TPSA) is 55.4 Å². The molecule has 0 aromatic carbocycles. The molecule has 1 amide bonds. The molecule has 0 aliphatic carbocycles. The van der Waals surface area contributed by atoms with E-state index in [2.05, 4.69) is 5.32 Å². The molecule has 0 rings (SSSR count). The minimum atomic E-state index is -0.151. The van der Waals surface area contributed by atoms with Gasteiger partial charge in [0.2, 0.25) is 5.91 Å². The minimum Gasteiger partial charge on any atom is -0.372 e. The number of amides is 1. The summed E-state index contributed by atoms with van der Waals surface area (Å²) in [6, 6.07) is 0. The van der Waals surface area contributed by atoms with E-state index in [9.17, 15) is 9.59 Å². The summed E-state index contributed by atoms with van der Waals surface area (Å²) >= 11 is 0. The summed E-state index contributed by atoms with van der Waals surface area (Å²) in [7, 11) is 0. The Kier molecular flexibility index (Phi) is 8.13. The van der Waals surface area contributed by atoms with Crippen molar-refractivity contribution in [3.63, 3.8) is 0 Å². The summed E-state index contributed by atoms with van der Waals surface area (Å²) in [5.74, 6) is 0.0159. The van der Waals surface area contributed by atoms with Crippen molar-refractivity contribution in [3.8, 4) is 0 Å². The second-order valence-corrected chi connectivity index (χ2v) is 3.04. The Labute approximate surface area is 85.0 Å². The van der Waals surface area contributed by atoms with E-state index in [1.54, 1.807) is 0 Å². The molecule has 0 aromatic rings. The molecule has 82 valence electrons. The van der Waals surface area contributed by atoms with Crippen LogP contribution in [-0.4, -0.2) is 31.4 Å². The summed E-state index contributed by atoms with van der Waals surface area (Å²) in [6.07, 6.45) is 1.85. The molecule has 0 saturated carbocycles. The van der Waals surface area contributed by atoms with Gasteiger partial charge in [-0.05, 0) is 6.42 Å². The van der Waals surface area contributed by atoms with Gasteiger partial charge in [0.15, 0.2) is 0 Å². The monoisotopic (exact) mass is 201 g/mol. The molecule has 0 unspecified atom stereocenters. The van der Waals surface area contributed by atoms with Crippen LogP contribution in [0.2, 0.25) is 0 Å². The number of Topliss-reactive ketones (excluding diaryl/α,β-unsaturated/α-hetero) is 1. The lowest BCUT2D eigenvalue weighted by molar-refractivity contribution is -0.125. The van der Waals surface area contributed by atoms with Crippen molar-refractivity contribution >= 4 is 11.7 Å². The van der Waals surface area contributed by atoms with E-state index in [1.807, 2.05) is 13.8 Å². The molecule has 0 aromatic heterocycles. The van der Waals surface area contributed by atoms with Crippen LogP contribution in [0.25, 0.3) is 0 Å². The number of carbonyl (C=O) groups excluding carboxylic acids is 2. The van der Waals surface area contributed by atoms with Crippen LogP contribution in [0.3, 0.4) is 0 Å². The highest BCUT2D eigenvalue weighted by Gasteiger charge is 2.02. The summed E-state index contributed by atoms with van der Waals surface area (Å²) in [5.41, 5.74) is 0. The third-order valence-electron chi connectivity index (χ3n) is 1.70. The predicted octanol–water partition coefficient (Wildman–Crippen LogP) is 0.898. The van der Waals surface area contributed by atoms with Crippen molar-refractivity contribution in [3.05, 3.63) is 0 Å². The zero-order valence-corrected chi connectivity index (χ0v) is 8.97. The molecule has 4 heteroatoms. The number of carbonyl (C=O) groups is 2. The van der Waals surface area contributed by atoms with Gasteiger partial charge in [-0.15, -0.1) is 0 Å². The number of ether oxygens (including phenoxy) is 1. The first-order chi connectivity index (χ1) is 6.70. The molecule has 0 fully saturated rings. The molecule has 0 radical (unpaired) electrons. The zero-order chi connectivity index (χ0) is 10.8. The van der Waals surface area contributed by atoms with Gasteiger partial charge in [0.05, 0.1) is 0 Å². The molecule has 14 heavy (non-hydrogen) atoms. The number of hydrogen-bond donors (Lipinski definition) is 1. The molecule has 0 saturated heterocycles. The lowest BCUT2D eigenvalue weighted by Crippen LogP contribution is -2.29. The third kappa shape index (κ3) is 7.73. The second-order valence-electron chi connectivity index (χ2n) is 3.04. The third-order valence-corrected chi connectivity index (χ3v) is 1.70. The largest absolute Gasteiger partial charge is 0.372 e. The van der Waals surface area contributed by atoms with Crippen molar-refractivity contribution in [1.29, 1.82) is 0 Å². The normalized spacial score (nSPS) is 9.86. The predicted molar refractivity (Wildman–Crippen MR) is 54.0 cm³/mol. The standard InChI is InChI=1S/C10H19NO3/c1-3-7-14-8-10(13)11-6-5-9(12)4-2/h3-8H2,1-2H3,(H,11,13). The molecule has 0 heterocycles. The van der Waals surface area contributed by atoms with Crippen molar-refractivity contribution < 1.29 is 14.3 Å². The molecule has 0 bridgehead atoms. The van der Waals surface area contributed by atoms with E-state index in [4.69, 9.17) is 4.74 Å². The minimum absolute atomic E-state index is 0.0914. The SMILES string of the molecule is CCCOCC(=O)NCCC(=O)CC. The maximum absolute atomic E-state index is 11.0. The fraction of sp³-hybridized carbons (Fsp3) is 0.800. The average Bonchev–Trinajstić information content (AvgIpc) is 2.18. The Morgan fingerprint density at radius 2 is 2.00 bits per heavy atom. The van der Waals surface area contributed by atoms with Gasteiger partial charge in [-0.2, -0.15) is 0 Å². The number of ketones is 1. The van der Waals surface area contributed by atoms with Crippen LogP contribution in [0.15, 0.2) is 0 Å². The Morgan fingerprint density at radius 1 is 1.29 bits per heavy atom. The van der Waals surface area contributed by atoms with Crippen LogP contribution in [0.1, 0.15) is 33.1 Å². The van der Waals surface area contributed by atoms with Gasteiger partial charge < -0.3 is 10.1 Å². The summed E-state index contributed by atoms with van der Waals surface area (Å²) in [6.45, 7) is 4.91. The number of rotatable bonds is 8. The van der Waals surface area contributed by atoms with Crippen LogP contribution < -0.4 is 5.32 Å². The van der Waals surface area contributed by atoms with Crippen molar-refractivity contribution in [2.24, 2.45) is 0 Å². The fourth-order valence-corrected chi connectivity index (χ4v) is 0.878. The van der Waals surface area contributed by atoms with Gasteiger partial charge >= 0.3 is 0 Å². The van der Waals surface area contributed by atoms with Crippen LogP contribution >= 0.6 is 0 Å². The first-order valence-corrected chi connectivity index (χ1v) is 5.06. The average molecular weight is 201 g/mol. The van der Waals surface area contributed by atoms with Gasteiger partial charge in [0, 0.05) is 26.0 Å². The van der Waals surface area contributed by atoms with Crippen LogP contribution in [0.5, 0.6) is 0 Å². The zero-order valence-electron chi connectivity index (χ0n) is 8.97. The highest BCUT2D eigenvalue weighted by Crippen LogP contribution is 1.86. The van der Waals surface area contributed by atoms with Gasteiger partial charge in [0.1, 0.15) is 12.4 Å². The molecule has 0 spiro atoms. The van der Waals surface area contributed by atoms with Crippen molar-refractivity contribution in [1.82, 2.24) is 5.32 Å². The van der Waals surface area contributed by atoms with Gasteiger partial charge in [-0.25, -0.2) is 0 Å². The van der Waals surface area contributed by atoms with E-state index in [1.165, 1.54) is 0 Å². The Bertz CT molecular complexity index is 180. The smallest absolute Gasteiger partial charge is 0.246 e. The maximum atomic E-state index is 11.0. The highest BCUT2D eigenvalue weighted by molar-refractivity contribution is 5.80. The van der Waals surface area contributed by atoms with E-state index in [0.29, 0.717) is 26.0 Å². The van der Waals surface area contributed by atoms with E-state index in [-0.39, 0.29) is 18.3 Å². The highest BCUT2D eigenvalue weighted by atomic mass is 16.5. The maximum Gasteiger partial charge on any atom is 0.246 e. The summed E-state index contributed by atoms with van der Waals surface area (Å²) in [4.78, 5) is 21.9. The molecule has 4 nitrogen and oxygen atoms in total. The van der Waals surface area contributed by atoms with Gasteiger partial charge in [0.25, 0.3) is 0 Å².